The summed E-state index contributed by atoms with van der Waals surface area (Å²) in [5.74, 6) is 1.76. The molecular formula is C24H33N7O. The Morgan fingerprint density at radius 1 is 1.12 bits per heavy atom. The Morgan fingerprint density at radius 3 is 2.84 bits per heavy atom. The standard InChI is InChI=1S/C24H33N7O/c1-4-29-10-11-30(5-2)21(15-29)20-14-22(31-12-13-32-16-17(31)3)28-24(27-20)19-7-9-26-23-18(19)6-8-25-23/h6-9,14,17,21H,4-5,10-13,15-16H2,1-3H3,(H,25,26)/t17-,21-/m1/s1. The van der Waals surface area contributed by atoms with Crippen LogP contribution in [-0.2, 0) is 4.74 Å². The average Bonchev–Trinajstić information content (AvgIpc) is 3.32. The molecule has 0 amide bonds. The molecule has 0 saturated carbocycles. The molecule has 5 heterocycles. The van der Waals surface area contributed by atoms with Crippen LogP contribution in [0.25, 0.3) is 22.4 Å². The number of H-pyrrole nitrogens is 1. The maximum atomic E-state index is 5.69. The smallest absolute Gasteiger partial charge is 0.162 e. The van der Waals surface area contributed by atoms with Gasteiger partial charge >= 0.3 is 0 Å². The Hall–Kier alpha value is -2.55. The molecule has 0 unspecified atom stereocenters. The van der Waals surface area contributed by atoms with Gasteiger partial charge in [0.1, 0.15) is 11.5 Å². The summed E-state index contributed by atoms with van der Waals surface area (Å²) in [6.45, 7) is 14.2. The van der Waals surface area contributed by atoms with E-state index in [-0.39, 0.29) is 12.1 Å². The molecule has 2 saturated heterocycles. The number of rotatable bonds is 5. The Kier molecular flexibility index (Phi) is 6.08. The molecule has 5 rings (SSSR count). The lowest BCUT2D eigenvalue weighted by Crippen LogP contribution is -2.48. The number of hydrogen-bond acceptors (Lipinski definition) is 7. The normalized spacial score (nSPS) is 23.2. The first-order chi connectivity index (χ1) is 15.7. The number of morpholine rings is 1. The molecule has 8 nitrogen and oxygen atoms in total. The highest BCUT2D eigenvalue weighted by Gasteiger charge is 2.30. The van der Waals surface area contributed by atoms with Gasteiger partial charge in [0, 0.05) is 55.6 Å². The summed E-state index contributed by atoms with van der Waals surface area (Å²) in [6.07, 6.45) is 3.76. The topological polar surface area (TPSA) is 73.4 Å². The second-order valence-corrected chi connectivity index (χ2v) is 8.73. The van der Waals surface area contributed by atoms with Crippen molar-refractivity contribution in [3.05, 3.63) is 36.3 Å². The molecule has 1 N–H and O–H groups in total. The Balaban J connectivity index is 1.63. The number of ether oxygens (including phenoxy) is 1. The lowest BCUT2D eigenvalue weighted by molar-refractivity contribution is 0.0796. The van der Waals surface area contributed by atoms with Crippen molar-refractivity contribution in [3.8, 4) is 11.4 Å². The third-order valence-electron chi connectivity index (χ3n) is 6.87. The summed E-state index contributed by atoms with van der Waals surface area (Å²) in [4.78, 5) is 25.3. The van der Waals surface area contributed by atoms with Gasteiger partial charge in [0.25, 0.3) is 0 Å². The third-order valence-corrected chi connectivity index (χ3v) is 6.87. The Labute approximate surface area is 189 Å². The van der Waals surface area contributed by atoms with Crippen LogP contribution in [0, 0.1) is 0 Å². The number of pyridine rings is 1. The maximum Gasteiger partial charge on any atom is 0.162 e. The number of piperazine rings is 1. The van der Waals surface area contributed by atoms with Crippen LogP contribution in [0.3, 0.4) is 0 Å². The third kappa shape index (κ3) is 3.98. The predicted octanol–water partition coefficient (Wildman–Crippen LogP) is 2.94. The fourth-order valence-electron chi connectivity index (χ4n) is 4.94. The van der Waals surface area contributed by atoms with Crippen molar-refractivity contribution in [1.82, 2.24) is 29.7 Å². The molecule has 0 aromatic carbocycles. The van der Waals surface area contributed by atoms with Crippen molar-refractivity contribution in [3.63, 3.8) is 0 Å². The van der Waals surface area contributed by atoms with Crippen molar-refractivity contribution < 1.29 is 4.74 Å². The van der Waals surface area contributed by atoms with Gasteiger partial charge in [0.2, 0.25) is 0 Å². The van der Waals surface area contributed by atoms with E-state index in [1.165, 1.54) is 0 Å². The number of nitrogens with one attached hydrogen (secondary N) is 1. The van der Waals surface area contributed by atoms with Crippen molar-refractivity contribution in [1.29, 1.82) is 0 Å². The number of fused-ring (bicyclic) bond motifs is 1. The number of anilines is 1. The summed E-state index contributed by atoms with van der Waals surface area (Å²) >= 11 is 0. The van der Waals surface area contributed by atoms with Gasteiger partial charge in [-0.3, -0.25) is 4.90 Å². The van der Waals surface area contributed by atoms with Crippen LogP contribution in [0.1, 0.15) is 32.5 Å². The van der Waals surface area contributed by atoms with E-state index in [0.717, 1.165) is 86.4 Å². The zero-order chi connectivity index (χ0) is 22.1. The van der Waals surface area contributed by atoms with Gasteiger partial charge in [-0.25, -0.2) is 15.0 Å². The van der Waals surface area contributed by atoms with Crippen LogP contribution in [0.2, 0.25) is 0 Å². The lowest BCUT2D eigenvalue weighted by atomic mass is 10.1. The van der Waals surface area contributed by atoms with Crippen LogP contribution in [0.15, 0.2) is 30.6 Å². The highest BCUT2D eigenvalue weighted by atomic mass is 16.5. The minimum absolute atomic E-state index is 0.258. The van der Waals surface area contributed by atoms with Gasteiger partial charge in [-0.2, -0.15) is 0 Å². The van der Waals surface area contributed by atoms with Crippen molar-refractivity contribution in [2.24, 2.45) is 0 Å². The molecule has 2 fully saturated rings. The summed E-state index contributed by atoms with van der Waals surface area (Å²) in [5.41, 5.74) is 2.98. The minimum Gasteiger partial charge on any atom is -0.377 e. The zero-order valence-electron chi connectivity index (χ0n) is 19.3. The van der Waals surface area contributed by atoms with Gasteiger partial charge < -0.3 is 19.5 Å². The zero-order valence-corrected chi connectivity index (χ0v) is 19.3. The summed E-state index contributed by atoms with van der Waals surface area (Å²) in [6, 6.07) is 6.84. The number of likely N-dealkylation sites (N-methyl/N-ethyl adjacent to an activating group) is 2. The van der Waals surface area contributed by atoms with E-state index in [4.69, 9.17) is 14.7 Å². The molecule has 3 aromatic rings. The molecule has 2 atom stereocenters. The largest absolute Gasteiger partial charge is 0.377 e. The second kappa shape index (κ2) is 9.13. The summed E-state index contributed by atoms with van der Waals surface area (Å²) in [5, 5.41) is 1.05. The van der Waals surface area contributed by atoms with Crippen LogP contribution < -0.4 is 4.90 Å². The number of aromatic nitrogens is 4. The van der Waals surface area contributed by atoms with Crippen LogP contribution in [-0.4, -0.2) is 88.3 Å². The molecule has 32 heavy (non-hydrogen) atoms. The SMILES string of the molecule is CCN1CCN(CC)[C@@H](c2cc(N3CCOC[C@H]3C)nc(-c3ccnc4[nH]ccc34)n2)C1. The van der Waals surface area contributed by atoms with Crippen LogP contribution in [0.4, 0.5) is 5.82 Å². The van der Waals surface area contributed by atoms with Gasteiger partial charge in [0.15, 0.2) is 5.82 Å². The van der Waals surface area contributed by atoms with E-state index in [9.17, 15) is 0 Å². The number of nitrogens with zero attached hydrogens (tertiary/aromatic N) is 6. The van der Waals surface area contributed by atoms with Gasteiger partial charge in [-0.15, -0.1) is 0 Å². The highest BCUT2D eigenvalue weighted by Crippen LogP contribution is 2.32. The second-order valence-electron chi connectivity index (χ2n) is 8.73. The van der Waals surface area contributed by atoms with E-state index >= 15 is 0 Å². The fourth-order valence-corrected chi connectivity index (χ4v) is 4.94. The molecule has 3 aromatic heterocycles. The van der Waals surface area contributed by atoms with E-state index in [1.807, 2.05) is 18.5 Å². The first-order valence-electron chi connectivity index (χ1n) is 11.8. The van der Waals surface area contributed by atoms with Crippen molar-refractivity contribution >= 4 is 16.9 Å². The Bertz CT molecular complexity index is 1070. The monoisotopic (exact) mass is 435 g/mol. The van der Waals surface area contributed by atoms with Crippen LogP contribution >= 0.6 is 0 Å². The van der Waals surface area contributed by atoms with Crippen molar-refractivity contribution in [2.75, 3.05) is 57.4 Å². The molecule has 0 spiro atoms. The molecule has 2 aliphatic heterocycles. The Morgan fingerprint density at radius 2 is 2.03 bits per heavy atom. The molecule has 0 bridgehead atoms. The maximum absolute atomic E-state index is 5.69. The highest BCUT2D eigenvalue weighted by molar-refractivity contribution is 5.91. The molecule has 0 radical (unpaired) electrons. The van der Waals surface area contributed by atoms with E-state index in [0.29, 0.717) is 0 Å². The van der Waals surface area contributed by atoms with Gasteiger partial charge in [-0.1, -0.05) is 13.8 Å². The van der Waals surface area contributed by atoms with Crippen molar-refractivity contribution in [2.45, 2.75) is 32.9 Å². The first-order valence-corrected chi connectivity index (χ1v) is 11.8. The van der Waals surface area contributed by atoms with E-state index < -0.39 is 0 Å². The molecule has 8 heteroatoms. The van der Waals surface area contributed by atoms with Gasteiger partial charge in [-0.05, 0) is 32.1 Å². The molecule has 170 valence electrons. The van der Waals surface area contributed by atoms with Gasteiger partial charge in [0.05, 0.1) is 31.0 Å². The quantitative estimate of drug-likeness (QED) is 0.660. The average molecular weight is 436 g/mol. The lowest BCUT2D eigenvalue weighted by Gasteiger charge is -2.41. The van der Waals surface area contributed by atoms with Crippen LogP contribution in [0.5, 0.6) is 0 Å². The molecular weight excluding hydrogens is 402 g/mol. The summed E-state index contributed by atoms with van der Waals surface area (Å²) in [7, 11) is 0. The predicted molar refractivity (Wildman–Crippen MR) is 127 cm³/mol. The number of hydrogen-bond donors (Lipinski definition) is 1. The molecule has 0 aliphatic carbocycles. The summed E-state index contributed by atoms with van der Waals surface area (Å²) < 4.78 is 5.69. The van der Waals surface area contributed by atoms with E-state index in [2.05, 4.69) is 57.6 Å². The number of aromatic amines is 1. The molecule has 2 aliphatic rings. The minimum atomic E-state index is 0.258. The fraction of sp³-hybridized carbons (Fsp3) is 0.542. The first kappa shape index (κ1) is 21.3. The van der Waals surface area contributed by atoms with E-state index in [1.54, 1.807) is 0 Å².